The summed E-state index contributed by atoms with van der Waals surface area (Å²) in [5.74, 6) is 6.23. The van der Waals surface area contributed by atoms with Crippen molar-refractivity contribution in [3.8, 4) is 0 Å². The van der Waals surface area contributed by atoms with Gasteiger partial charge in [0.05, 0.1) is 6.04 Å². The summed E-state index contributed by atoms with van der Waals surface area (Å²) >= 11 is 0. The van der Waals surface area contributed by atoms with Crippen molar-refractivity contribution < 1.29 is 4.39 Å². The first-order chi connectivity index (χ1) is 9.15. The number of aromatic nitrogens is 3. The maximum Gasteiger partial charge on any atom is 0.138 e. The fraction of sp³-hybridized carbons (Fsp3) is 0.385. The molecule has 1 heterocycles. The van der Waals surface area contributed by atoms with Gasteiger partial charge in [-0.2, -0.15) is 5.10 Å². The van der Waals surface area contributed by atoms with Crippen molar-refractivity contribution in [2.45, 2.75) is 32.9 Å². The number of benzene rings is 1. The summed E-state index contributed by atoms with van der Waals surface area (Å²) in [4.78, 5) is 4.23. The highest BCUT2D eigenvalue weighted by Gasteiger charge is 2.16. The van der Waals surface area contributed by atoms with Gasteiger partial charge in [0.25, 0.3) is 0 Å². The Morgan fingerprint density at radius 2 is 2.26 bits per heavy atom. The molecule has 1 unspecified atom stereocenters. The predicted molar refractivity (Wildman–Crippen MR) is 70.6 cm³/mol. The molecule has 0 aliphatic heterocycles. The highest BCUT2D eigenvalue weighted by molar-refractivity contribution is 5.30. The van der Waals surface area contributed by atoms with E-state index in [2.05, 4.69) is 15.5 Å². The number of hydrazine groups is 1. The minimum atomic E-state index is -0.242. The van der Waals surface area contributed by atoms with Gasteiger partial charge in [0.1, 0.15) is 18.0 Å². The second kappa shape index (κ2) is 5.90. The van der Waals surface area contributed by atoms with Crippen molar-refractivity contribution in [1.29, 1.82) is 0 Å². The molecule has 19 heavy (non-hydrogen) atoms. The molecular weight excluding hydrogens is 245 g/mol. The Kier molecular flexibility index (Phi) is 4.24. The van der Waals surface area contributed by atoms with E-state index in [4.69, 9.17) is 5.84 Å². The minimum absolute atomic E-state index is 0.116. The average Bonchev–Trinajstić information content (AvgIpc) is 2.84. The highest BCUT2D eigenvalue weighted by atomic mass is 19.1. The molecule has 3 N–H and O–H groups in total. The monoisotopic (exact) mass is 263 g/mol. The number of nitrogens with one attached hydrogen (secondary N) is 1. The van der Waals surface area contributed by atoms with Crippen LogP contribution in [-0.4, -0.2) is 14.8 Å². The molecule has 0 saturated heterocycles. The molecule has 0 saturated carbocycles. The minimum Gasteiger partial charge on any atom is -0.271 e. The van der Waals surface area contributed by atoms with E-state index < -0.39 is 0 Å². The molecule has 1 atom stereocenters. The third-order valence-electron chi connectivity index (χ3n) is 3.19. The maximum absolute atomic E-state index is 13.1. The Morgan fingerprint density at radius 3 is 2.89 bits per heavy atom. The van der Waals surface area contributed by atoms with E-state index in [1.165, 1.54) is 18.5 Å². The van der Waals surface area contributed by atoms with Gasteiger partial charge in [-0.3, -0.25) is 16.0 Å². The lowest BCUT2D eigenvalue weighted by atomic mass is 9.99. The fourth-order valence-electron chi connectivity index (χ4n) is 2.18. The summed E-state index contributed by atoms with van der Waals surface area (Å²) in [6.45, 7) is 4.63. The first-order valence-corrected chi connectivity index (χ1v) is 6.24. The first-order valence-electron chi connectivity index (χ1n) is 6.24. The van der Waals surface area contributed by atoms with Crippen molar-refractivity contribution in [2.24, 2.45) is 5.84 Å². The van der Waals surface area contributed by atoms with Gasteiger partial charge in [-0.05, 0) is 37.1 Å². The van der Waals surface area contributed by atoms with E-state index >= 15 is 0 Å². The van der Waals surface area contributed by atoms with Crippen molar-refractivity contribution in [3.05, 3.63) is 47.3 Å². The van der Waals surface area contributed by atoms with Gasteiger partial charge in [0.15, 0.2) is 0 Å². The SMILES string of the molecule is CCn1ncnc1CC(NN)c1ccc(F)cc1C. The molecule has 2 rings (SSSR count). The van der Waals surface area contributed by atoms with Gasteiger partial charge >= 0.3 is 0 Å². The lowest BCUT2D eigenvalue weighted by Gasteiger charge is -2.18. The molecule has 0 aliphatic rings. The number of halogens is 1. The van der Waals surface area contributed by atoms with Crippen LogP contribution in [0.15, 0.2) is 24.5 Å². The van der Waals surface area contributed by atoms with Crippen molar-refractivity contribution in [1.82, 2.24) is 20.2 Å². The van der Waals surface area contributed by atoms with Crippen molar-refractivity contribution in [2.75, 3.05) is 0 Å². The quantitative estimate of drug-likeness (QED) is 0.633. The standard InChI is InChI=1S/C13H18FN5/c1-3-19-13(16-8-17-19)7-12(18-15)11-5-4-10(14)6-9(11)2/h4-6,8,12,18H,3,7,15H2,1-2H3. The number of hydrogen-bond donors (Lipinski definition) is 2. The lowest BCUT2D eigenvalue weighted by Crippen LogP contribution is -2.31. The molecule has 0 radical (unpaired) electrons. The molecular formula is C13H18FN5. The topological polar surface area (TPSA) is 68.8 Å². The molecule has 0 fully saturated rings. The smallest absolute Gasteiger partial charge is 0.138 e. The summed E-state index contributed by atoms with van der Waals surface area (Å²) in [6, 6.07) is 4.58. The summed E-state index contributed by atoms with van der Waals surface area (Å²) in [5.41, 5.74) is 4.60. The van der Waals surface area contributed by atoms with Gasteiger partial charge in [-0.1, -0.05) is 6.07 Å². The third-order valence-corrected chi connectivity index (χ3v) is 3.19. The van der Waals surface area contributed by atoms with E-state index in [-0.39, 0.29) is 11.9 Å². The summed E-state index contributed by atoms with van der Waals surface area (Å²) in [6.07, 6.45) is 2.14. The Bertz CT molecular complexity index is 552. The number of hydrogen-bond acceptors (Lipinski definition) is 4. The van der Waals surface area contributed by atoms with E-state index in [1.54, 1.807) is 6.07 Å². The van der Waals surface area contributed by atoms with Crippen molar-refractivity contribution in [3.63, 3.8) is 0 Å². The second-order valence-corrected chi connectivity index (χ2v) is 4.42. The Morgan fingerprint density at radius 1 is 1.47 bits per heavy atom. The van der Waals surface area contributed by atoms with Gasteiger partial charge in [0, 0.05) is 13.0 Å². The predicted octanol–water partition coefficient (Wildman–Crippen LogP) is 1.49. The zero-order valence-electron chi connectivity index (χ0n) is 11.1. The van der Waals surface area contributed by atoms with Gasteiger partial charge < -0.3 is 0 Å². The first kappa shape index (κ1) is 13.6. The molecule has 0 spiro atoms. The largest absolute Gasteiger partial charge is 0.271 e. The van der Waals surface area contributed by atoms with Crippen LogP contribution in [0.5, 0.6) is 0 Å². The zero-order chi connectivity index (χ0) is 13.8. The van der Waals surface area contributed by atoms with Gasteiger partial charge in [-0.15, -0.1) is 0 Å². The van der Waals surface area contributed by atoms with Crippen LogP contribution in [0.2, 0.25) is 0 Å². The number of nitrogens with two attached hydrogens (primary N) is 1. The average molecular weight is 263 g/mol. The van der Waals surface area contributed by atoms with Gasteiger partial charge in [-0.25, -0.2) is 9.37 Å². The molecule has 5 nitrogen and oxygen atoms in total. The molecule has 6 heteroatoms. The van der Waals surface area contributed by atoms with Crippen LogP contribution in [0, 0.1) is 12.7 Å². The molecule has 2 aromatic rings. The summed E-state index contributed by atoms with van der Waals surface area (Å²) < 4.78 is 15.0. The number of rotatable bonds is 5. The summed E-state index contributed by atoms with van der Waals surface area (Å²) in [7, 11) is 0. The Balaban J connectivity index is 2.25. The summed E-state index contributed by atoms with van der Waals surface area (Å²) in [5, 5.41) is 4.13. The van der Waals surface area contributed by atoms with E-state index in [9.17, 15) is 4.39 Å². The lowest BCUT2D eigenvalue weighted by molar-refractivity contribution is 0.507. The Labute approximate surface area is 111 Å². The normalized spacial score (nSPS) is 12.6. The molecule has 102 valence electrons. The van der Waals surface area contributed by atoms with Crippen LogP contribution in [0.1, 0.15) is 29.9 Å². The molecule has 0 bridgehead atoms. The van der Waals surface area contributed by atoms with Crippen LogP contribution in [0.3, 0.4) is 0 Å². The van der Waals surface area contributed by atoms with Crippen LogP contribution < -0.4 is 11.3 Å². The van der Waals surface area contributed by atoms with Crippen LogP contribution in [0.4, 0.5) is 4.39 Å². The highest BCUT2D eigenvalue weighted by Crippen LogP contribution is 2.21. The fourth-order valence-corrected chi connectivity index (χ4v) is 2.18. The number of nitrogens with zero attached hydrogens (tertiary/aromatic N) is 3. The van der Waals surface area contributed by atoms with E-state index in [0.717, 1.165) is 23.5 Å². The van der Waals surface area contributed by atoms with E-state index in [1.807, 2.05) is 18.5 Å². The van der Waals surface area contributed by atoms with Crippen LogP contribution in [-0.2, 0) is 13.0 Å². The maximum atomic E-state index is 13.1. The van der Waals surface area contributed by atoms with Crippen molar-refractivity contribution >= 4 is 0 Å². The van der Waals surface area contributed by atoms with Gasteiger partial charge in [0.2, 0.25) is 0 Å². The molecule has 0 aliphatic carbocycles. The van der Waals surface area contributed by atoms with Crippen LogP contribution >= 0.6 is 0 Å². The zero-order valence-corrected chi connectivity index (χ0v) is 11.1. The Hall–Kier alpha value is -1.79. The molecule has 1 aromatic carbocycles. The number of aryl methyl sites for hydroxylation is 2. The molecule has 0 amide bonds. The van der Waals surface area contributed by atoms with E-state index in [0.29, 0.717) is 6.42 Å². The third kappa shape index (κ3) is 2.97. The molecule has 1 aromatic heterocycles. The second-order valence-electron chi connectivity index (χ2n) is 4.42. The van der Waals surface area contributed by atoms with Crippen LogP contribution in [0.25, 0.3) is 0 Å².